The van der Waals surface area contributed by atoms with Crippen LogP contribution in [0, 0.1) is 5.92 Å². The average Bonchev–Trinajstić information content (AvgIpc) is 2.98. The summed E-state index contributed by atoms with van der Waals surface area (Å²) in [5, 5.41) is 2.49. The molecular formula is C21H37N3O2S. The van der Waals surface area contributed by atoms with Crippen molar-refractivity contribution in [3.63, 3.8) is 0 Å². The van der Waals surface area contributed by atoms with Gasteiger partial charge in [-0.15, -0.1) is 0 Å². The SMILES string of the molecule is CC/C=c1\[nH]cc\c1=C(\CCCC)N(C)[C@H]1C[C@@H](NS(=O)(=O)CC(C)C)C1. The fourth-order valence-corrected chi connectivity index (χ4v) is 5.49. The van der Waals surface area contributed by atoms with Crippen molar-refractivity contribution in [1.82, 2.24) is 14.6 Å². The van der Waals surface area contributed by atoms with Crippen LogP contribution in [-0.2, 0) is 10.0 Å². The second-order valence-electron chi connectivity index (χ2n) is 8.19. The van der Waals surface area contributed by atoms with E-state index < -0.39 is 10.0 Å². The molecule has 0 aromatic carbocycles. The lowest BCUT2D eigenvalue weighted by molar-refractivity contribution is 0.183. The number of hydrogen-bond donors (Lipinski definition) is 2. The fourth-order valence-electron chi connectivity index (χ4n) is 3.81. The van der Waals surface area contributed by atoms with E-state index in [2.05, 4.69) is 47.6 Å². The molecule has 1 aliphatic carbocycles. The molecule has 0 bridgehead atoms. The van der Waals surface area contributed by atoms with Crippen molar-refractivity contribution in [2.75, 3.05) is 12.8 Å². The fraction of sp³-hybridized carbons (Fsp3) is 0.714. The molecule has 154 valence electrons. The number of rotatable bonds is 10. The van der Waals surface area contributed by atoms with Crippen LogP contribution in [0.1, 0.15) is 66.2 Å². The van der Waals surface area contributed by atoms with E-state index in [0.29, 0.717) is 6.04 Å². The molecule has 0 radical (unpaired) electrons. The number of unbranched alkanes of at least 4 members (excludes halogenated alkanes) is 1. The highest BCUT2D eigenvalue weighted by molar-refractivity contribution is 7.89. The van der Waals surface area contributed by atoms with E-state index in [9.17, 15) is 8.42 Å². The summed E-state index contributed by atoms with van der Waals surface area (Å²) >= 11 is 0. The quantitative estimate of drug-likeness (QED) is 0.640. The van der Waals surface area contributed by atoms with Gasteiger partial charge < -0.3 is 9.88 Å². The van der Waals surface area contributed by atoms with Gasteiger partial charge in [-0.2, -0.15) is 0 Å². The van der Waals surface area contributed by atoms with Gasteiger partial charge in [0.15, 0.2) is 0 Å². The number of nitrogens with zero attached hydrogens (tertiary/aromatic N) is 1. The Morgan fingerprint density at radius 3 is 2.67 bits per heavy atom. The minimum absolute atomic E-state index is 0.0709. The van der Waals surface area contributed by atoms with E-state index in [0.717, 1.165) is 38.5 Å². The van der Waals surface area contributed by atoms with Crippen LogP contribution in [0.25, 0.3) is 11.8 Å². The zero-order chi connectivity index (χ0) is 20.0. The van der Waals surface area contributed by atoms with Crippen molar-refractivity contribution in [3.8, 4) is 0 Å². The van der Waals surface area contributed by atoms with Crippen LogP contribution < -0.4 is 15.3 Å². The van der Waals surface area contributed by atoms with Gasteiger partial charge in [0, 0.05) is 41.6 Å². The Labute approximate surface area is 165 Å². The summed E-state index contributed by atoms with van der Waals surface area (Å²) in [5.41, 5.74) is 1.37. The molecule has 1 saturated carbocycles. The summed E-state index contributed by atoms with van der Waals surface area (Å²) in [6.45, 7) is 8.25. The molecule has 5 nitrogen and oxygen atoms in total. The first-order valence-electron chi connectivity index (χ1n) is 10.4. The molecule has 0 spiro atoms. The van der Waals surface area contributed by atoms with Crippen LogP contribution in [0.4, 0.5) is 0 Å². The molecule has 0 atom stereocenters. The second-order valence-corrected chi connectivity index (χ2v) is 9.99. The minimum Gasteiger partial charge on any atom is -0.374 e. The second kappa shape index (κ2) is 9.78. The van der Waals surface area contributed by atoms with Crippen LogP contribution in [-0.4, -0.2) is 43.2 Å². The Morgan fingerprint density at radius 1 is 1.37 bits per heavy atom. The molecule has 2 rings (SSSR count). The average molecular weight is 396 g/mol. The normalized spacial score (nSPS) is 22.1. The van der Waals surface area contributed by atoms with Crippen LogP contribution >= 0.6 is 0 Å². The van der Waals surface area contributed by atoms with E-state index >= 15 is 0 Å². The van der Waals surface area contributed by atoms with E-state index in [1.165, 1.54) is 16.3 Å². The van der Waals surface area contributed by atoms with Gasteiger partial charge in [0.2, 0.25) is 10.0 Å². The Balaban J connectivity index is 2.12. The highest BCUT2D eigenvalue weighted by Gasteiger charge is 2.35. The summed E-state index contributed by atoms with van der Waals surface area (Å²) < 4.78 is 27.2. The number of sulfonamides is 1. The van der Waals surface area contributed by atoms with Crippen molar-refractivity contribution in [3.05, 3.63) is 22.8 Å². The van der Waals surface area contributed by atoms with Crippen molar-refractivity contribution >= 4 is 21.8 Å². The summed E-state index contributed by atoms with van der Waals surface area (Å²) in [6, 6.07) is 2.64. The number of aromatic nitrogens is 1. The van der Waals surface area contributed by atoms with Crippen LogP contribution in [0.15, 0.2) is 12.3 Å². The first kappa shape index (κ1) is 22.0. The lowest BCUT2D eigenvalue weighted by Crippen LogP contribution is -2.53. The molecule has 1 aromatic rings. The van der Waals surface area contributed by atoms with Gasteiger partial charge in [-0.25, -0.2) is 13.1 Å². The third-order valence-corrected chi connectivity index (χ3v) is 7.05. The first-order valence-corrected chi connectivity index (χ1v) is 12.0. The smallest absolute Gasteiger partial charge is 0.212 e. The van der Waals surface area contributed by atoms with Crippen molar-refractivity contribution in [2.45, 2.75) is 78.3 Å². The number of nitrogens with one attached hydrogen (secondary N) is 2. The van der Waals surface area contributed by atoms with Gasteiger partial charge in [0.05, 0.1) is 5.75 Å². The molecule has 0 saturated heterocycles. The standard InChI is InChI=1S/C21H37N3O2S/c1-6-8-10-21(19-11-12-22-20(19)9-7-2)24(5)18-13-17(14-18)23-27(25,26)15-16(3)4/h9,11-12,16-18,22-23H,6-8,10,13-15H2,1-5H3/b20-9-,21-19+/t17-,18+. The van der Waals surface area contributed by atoms with Gasteiger partial charge in [-0.3, -0.25) is 0 Å². The van der Waals surface area contributed by atoms with E-state index in [4.69, 9.17) is 0 Å². The summed E-state index contributed by atoms with van der Waals surface area (Å²) in [7, 11) is -1.00. The molecule has 1 fully saturated rings. The van der Waals surface area contributed by atoms with E-state index in [1.807, 2.05) is 20.0 Å². The van der Waals surface area contributed by atoms with Crippen molar-refractivity contribution in [2.24, 2.45) is 5.92 Å². The van der Waals surface area contributed by atoms with Crippen LogP contribution in [0.3, 0.4) is 0 Å². The van der Waals surface area contributed by atoms with Crippen molar-refractivity contribution < 1.29 is 8.42 Å². The molecule has 2 N–H and O–H groups in total. The molecule has 6 heteroatoms. The third kappa shape index (κ3) is 6.11. The zero-order valence-electron chi connectivity index (χ0n) is 17.6. The topological polar surface area (TPSA) is 65.2 Å². The maximum Gasteiger partial charge on any atom is 0.212 e. The Bertz CT molecular complexity index is 805. The number of H-pyrrole nitrogens is 1. The molecule has 1 aliphatic rings. The number of aromatic amines is 1. The summed E-state index contributed by atoms with van der Waals surface area (Å²) in [4.78, 5) is 5.74. The van der Waals surface area contributed by atoms with E-state index in [1.54, 1.807) is 0 Å². The predicted molar refractivity (Wildman–Crippen MR) is 114 cm³/mol. The molecule has 0 aliphatic heterocycles. The summed E-state index contributed by atoms with van der Waals surface area (Å²) in [5.74, 6) is 0.356. The van der Waals surface area contributed by atoms with Gasteiger partial charge >= 0.3 is 0 Å². The minimum atomic E-state index is -3.17. The molecule has 0 unspecified atom stereocenters. The maximum absolute atomic E-state index is 12.2. The summed E-state index contributed by atoms with van der Waals surface area (Å²) in [6.07, 6.45) is 10.4. The Morgan fingerprint density at radius 2 is 2.07 bits per heavy atom. The predicted octanol–water partition coefficient (Wildman–Crippen LogP) is 2.54. The maximum atomic E-state index is 12.2. The van der Waals surface area contributed by atoms with Crippen LogP contribution in [0.2, 0.25) is 0 Å². The van der Waals surface area contributed by atoms with Crippen LogP contribution in [0.5, 0.6) is 0 Å². The first-order chi connectivity index (χ1) is 12.8. The zero-order valence-corrected chi connectivity index (χ0v) is 18.4. The molecule has 1 heterocycles. The molecule has 0 amide bonds. The van der Waals surface area contributed by atoms with Gasteiger partial charge in [0.1, 0.15) is 0 Å². The van der Waals surface area contributed by atoms with Gasteiger partial charge in [-0.05, 0) is 44.1 Å². The highest BCUT2D eigenvalue weighted by Crippen LogP contribution is 2.29. The van der Waals surface area contributed by atoms with Crippen molar-refractivity contribution in [1.29, 1.82) is 0 Å². The van der Waals surface area contributed by atoms with E-state index in [-0.39, 0.29) is 17.7 Å². The van der Waals surface area contributed by atoms with Gasteiger partial charge in [0.25, 0.3) is 0 Å². The molecule has 27 heavy (non-hydrogen) atoms. The van der Waals surface area contributed by atoms with Gasteiger partial charge in [-0.1, -0.05) is 40.2 Å². The lowest BCUT2D eigenvalue weighted by Gasteiger charge is -2.43. The third-order valence-electron chi connectivity index (χ3n) is 5.25. The highest BCUT2D eigenvalue weighted by atomic mass is 32.2. The number of hydrogen-bond acceptors (Lipinski definition) is 3. The largest absolute Gasteiger partial charge is 0.374 e. The monoisotopic (exact) mass is 395 g/mol. The Hall–Kier alpha value is -1.27. The molecule has 1 aromatic heterocycles. The molecular weight excluding hydrogens is 358 g/mol. The Kier molecular flexibility index (Phi) is 7.98. The lowest BCUT2D eigenvalue weighted by atomic mass is 9.86.